The van der Waals surface area contributed by atoms with Gasteiger partial charge in [0.15, 0.2) is 0 Å². The second-order valence-electron chi connectivity index (χ2n) is 6.78. The number of amides is 1. The zero-order valence-corrected chi connectivity index (χ0v) is 14.9. The van der Waals surface area contributed by atoms with Crippen molar-refractivity contribution in [3.63, 3.8) is 0 Å². The Bertz CT molecular complexity index is 889. The van der Waals surface area contributed by atoms with Gasteiger partial charge in [0, 0.05) is 31.4 Å². The highest BCUT2D eigenvalue weighted by molar-refractivity contribution is 5.78. The zero-order valence-electron chi connectivity index (χ0n) is 14.9. The van der Waals surface area contributed by atoms with E-state index >= 15 is 0 Å². The molecule has 0 saturated heterocycles. The Hall–Kier alpha value is -2.89. The van der Waals surface area contributed by atoms with Crippen molar-refractivity contribution in [2.24, 2.45) is 0 Å². The summed E-state index contributed by atoms with van der Waals surface area (Å²) in [6, 6.07) is 10.2. The van der Waals surface area contributed by atoms with Gasteiger partial charge in [-0.05, 0) is 49.1 Å². The third kappa shape index (κ3) is 3.85. The van der Waals surface area contributed by atoms with Crippen molar-refractivity contribution in [2.75, 3.05) is 0 Å². The monoisotopic (exact) mass is 349 g/mol. The fourth-order valence-electron chi connectivity index (χ4n) is 2.96. The maximum absolute atomic E-state index is 12.1. The minimum atomic E-state index is 0.00545. The highest BCUT2D eigenvalue weighted by Gasteiger charge is 2.25. The summed E-state index contributed by atoms with van der Waals surface area (Å²) in [5.41, 5.74) is 4.23. The lowest BCUT2D eigenvalue weighted by atomic mass is 10.2. The molecule has 26 heavy (non-hydrogen) atoms. The lowest BCUT2D eigenvalue weighted by Gasteiger charge is -2.06. The first-order valence-electron chi connectivity index (χ1n) is 9.14. The molecule has 1 saturated carbocycles. The molecule has 6 nitrogen and oxygen atoms in total. The van der Waals surface area contributed by atoms with Crippen LogP contribution in [-0.4, -0.2) is 25.5 Å². The molecular weight excluding hydrogens is 326 g/mol. The van der Waals surface area contributed by atoms with Crippen LogP contribution in [0.5, 0.6) is 0 Å². The SMILES string of the molecule is CCn1cc(CC(=O)NCc2ccc(-n3ccc(C4CC4)n3)cc2)cn1. The van der Waals surface area contributed by atoms with Crippen LogP contribution in [0.15, 0.2) is 48.9 Å². The fraction of sp³-hybridized carbons (Fsp3) is 0.350. The standard InChI is InChI=1S/C20H23N5O/c1-2-24-14-16(13-22-24)11-20(26)21-12-15-3-7-18(8-4-15)25-10-9-19(23-25)17-5-6-17/h3-4,7-10,13-14,17H,2,5-6,11-12H2,1H3,(H,21,26). The van der Waals surface area contributed by atoms with E-state index in [1.807, 2.05) is 52.9 Å². The number of nitrogens with one attached hydrogen (secondary N) is 1. The van der Waals surface area contributed by atoms with Gasteiger partial charge < -0.3 is 5.32 Å². The molecule has 0 radical (unpaired) electrons. The maximum atomic E-state index is 12.1. The van der Waals surface area contributed by atoms with Gasteiger partial charge in [-0.2, -0.15) is 10.2 Å². The van der Waals surface area contributed by atoms with Gasteiger partial charge in [0.05, 0.1) is 24.0 Å². The van der Waals surface area contributed by atoms with E-state index in [2.05, 4.69) is 21.6 Å². The summed E-state index contributed by atoms with van der Waals surface area (Å²) < 4.78 is 3.74. The first-order chi connectivity index (χ1) is 12.7. The second-order valence-corrected chi connectivity index (χ2v) is 6.78. The molecule has 0 atom stereocenters. The van der Waals surface area contributed by atoms with Crippen LogP contribution >= 0.6 is 0 Å². The number of hydrogen-bond acceptors (Lipinski definition) is 3. The van der Waals surface area contributed by atoms with Crippen LogP contribution < -0.4 is 5.32 Å². The molecule has 0 aliphatic heterocycles. The molecule has 0 bridgehead atoms. The van der Waals surface area contributed by atoms with Gasteiger partial charge in [-0.25, -0.2) is 4.68 Å². The highest BCUT2D eigenvalue weighted by atomic mass is 16.1. The Morgan fingerprint density at radius 3 is 2.69 bits per heavy atom. The van der Waals surface area contributed by atoms with E-state index in [4.69, 9.17) is 0 Å². The quantitative estimate of drug-likeness (QED) is 0.713. The molecule has 2 aromatic heterocycles. The first kappa shape index (κ1) is 16.6. The van der Waals surface area contributed by atoms with E-state index in [-0.39, 0.29) is 5.91 Å². The summed E-state index contributed by atoms with van der Waals surface area (Å²) >= 11 is 0. The predicted octanol–water partition coefficient (Wildman–Crippen LogP) is 2.83. The number of rotatable bonds is 7. The van der Waals surface area contributed by atoms with Gasteiger partial charge >= 0.3 is 0 Å². The number of aryl methyl sites for hydroxylation is 1. The second kappa shape index (κ2) is 7.15. The van der Waals surface area contributed by atoms with Crippen LogP contribution in [0.3, 0.4) is 0 Å². The van der Waals surface area contributed by atoms with Crippen molar-refractivity contribution in [2.45, 2.75) is 45.2 Å². The summed E-state index contributed by atoms with van der Waals surface area (Å²) in [6.45, 7) is 3.36. The highest BCUT2D eigenvalue weighted by Crippen LogP contribution is 2.39. The Kier molecular flexibility index (Phi) is 4.56. The fourth-order valence-corrected chi connectivity index (χ4v) is 2.96. The van der Waals surface area contributed by atoms with Gasteiger partial charge in [0.25, 0.3) is 0 Å². The number of carbonyl (C=O) groups is 1. The lowest BCUT2D eigenvalue weighted by molar-refractivity contribution is -0.120. The molecule has 4 rings (SSSR count). The molecule has 0 spiro atoms. The number of benzene rings is 1. The topological polar surface area (TPSA) is 64.7 Å². The van der Waals surface area contributed by atoms with Crippen LogP contribution in [0.1, 0.15) is 42.5 Å². The molecule has 1 N–H and O–H groups in total. The molecule has 134 valence electrons. The Balaban J connectivity index is 1.31. The van der Waals surface area contributed by atoms with Crippen molar-refractivity contribution in [3.8, 4) is 5.69 Å². The van der Waals surface area contributed by atoms with E-state index in [9.17, 15) is 4.79 Å². The number of carbonyl (C=O) groups excluding carboxylic acids is 1. The predicted molar refractivity (Wildman–Crippen MR) is 99.0 cm³/mol. The number of aromatic nitrogens is 4. The largest absolute Gasteiger partial charge is 0.352 e. The minimum absolute atomic E-state index is 0.00545. The van der Waals surface area contributed by atoms with Gasteiger partial charge in [0.1, 0.15) is 0 Å². The molecule has 1 fully saturated rings. The van der Waals surface area contributed by atoms with Crippen molar-refractivity contribution < 1.29 is 4.79 Å². The summed E-state index contributed by atoms with van der Waals surface area (Å²) in [7, 11) is 0. The summed E-state index contributed by atoms with van der Waals surface area (Å²) in [4.78, 5) is 12.1. The average Bonchev–Trinajstić information content (AvgIpc) is 3.22. The van der Waals surface area contributed by atoms with E-state index in [1.54, 1.807) is 6.20 Å². The van der Waals surface area contributed by atoms with E-state index in [0.29, 0.717) is 18.9 Å². The van der Waals surface area contributed by atoms with E-state index < -0.39 is 0 Å². The molecule has 2 heterocycles. The molecule has 3 aromatic rings. The van der Waals surface area contributed by atoms with Crippen molar-refractivity contribution in [1.29, 1.82) is 0 Å². The van der Waals surface area contributed by atoms with Crippen LogP contribution in [-0.2, 0) is 24.3 Å². The number of hydrogen-bond donors (Lipinski definition) is 1. The first-order valence-corrected chi connectivity index (χ1v) is 9.14. The molecule has 1 aromatic carbocycles. The zero-order chi connectivity index (χ0) is 17.9. The van der Waals surface area contributed by atoms with Crippen LogP contribution in [0.4, 0.5) is 0 Å². The summed E-state index contributed by atoms with van der Waals surface area (Å²) in [6.07, 6.45) is 8.55. The Labute approximate surface area is 152 Å². The molecule has 6 heteroatoms. The van der Waals surface area contributed by atoms with E-state index in [0.717, 1.165) is 23.4 Å². The number of nitrogens with zero attached hydrogens (tertiary/aromatic N) is 4. The summed E-state index contributed by atoms with van der Waals surface area (Å²) in [5.74, 6) is 0.668. The molecule has 0 unspecified atom stereocenters. The Morgan fingerprint density at radius 1 is 1.19 bits per heavy atom. The van der Waals surface area contributed by atoms with Crippen LogP contribution in [0.2, 0.25) is 0 Å². The normalized spacial score (nSPS) is 13.7. The van der Waals surface area contributed by atoms with Crippen molar-refractivity contribution in [3.05, 3.63) is 65.7 Å². The lowest BCUT2D eigenvalue weighted by Crippen LogP contribution is -2.24. The van der Waals surface area contributed by atoms with Gasteiger partial charge in [-0.15, -0.1) is 0 Å². The maximum Gasteiger partial charge on any atom is 0.224 e. The molecular formula is C20H23N5O. The third-order valence-electron chi connectivity index (χ3n) is 4.67. The smallest absolute Gasteiger partial charge is 0.224 e. The third-order valence-corrected chi connectivity index (χ3v) is 4.67. The van der Waals surface area contributed by atoms with Crippen molar-refractivity contribution in [1.82, 2.24) is 24.9 Å². The summed E-state index contributed by atoms with van der Waals surface area (Å²) in [5, 5.41) is 11.8. The van der Waals surface area contributed by atoms with Gasteiger partial charge in [0.2, 0.25) is 5.91 Å². The van der Waals surface area contributed by atoms with Crippen molar-refractivity contribution >= 4 is 5.91 Å². The van der Waals surface area contributed by atoms with E-state index in [1.165, 1.54) is 18.5 Å². The molecule has 1 amide bonds. The van der Waals surface area contributed by atoms with Gasteiger partial charge in [-0.1, -0.05) is 12.1 Å². The molecule has 1 aliphatic carbocycles. The minimum Gasteiger partial charge on any atom is -0.352 e. The molecule has 1 aliphatic rings. The van der Waals surface area contributed by atoms with Crippen LogP contribution in [0.25, 0.3) is 5.69 Å². The Morgan fingerprint density at radius 2 is 2.00 bits per heavy atom. The average molecular weight is 349 g/mol. The van der Waals surface area contributed by atoms with Crippen LogP contribution in [0, 0.1) is 0 Å². The van der Waals surface area contributed by atoms with Gasteiger partial charge in [-0.3, -0.25) is 9.48 Å².